The van der Waals surface area contributed by atoms with E-state index >= 15 is 0 Å². The zero-order chi connectivity index (χ0) is 15.9. The minimum absolute atomic E-state index is 0.274. The van der Waals surface area contributed by atoms with Crippen LogP contribution in [0.15, 0.2) is 24.3 Å². The number of ether oxygens (including phenoxy) is 2. The molecule has 0 aliphatic carbocycles. The van der Waals surface area contributed by atoms with Crippen molar-refractivity contribution in [2.24, 2.45) is 0 Å². The number of nitrogens with one attached hydrogen (secondary N) is 1. The van der Waals surface area contributed by atoms with E-state index in [0.29, 0.717) is 18.1 Å². The van der Waals surface area contributed by atoms with E-state index in [1.54, 1.807) is 24.3 Å². The van der Waals surface area contributed by atoms with E-state index < -0.39 is 24.0 Å². The zero-order valence-corrected chi connectivity index (χ0v) is 12.0. The van der Waals surface area contributed by atoms with Crippen LogP contribution in [-0.4, -0.2) is 47.4 Å². The van der Waals surface area contributed by atoms with Crippen molar-refractivity contribution < 1.29 is 29.3 Å². The number of carboxylic acids is 1. The molecule has 1 aromatic rings. The van der Waals surface area contributed by atoms with Gasteiger partial charge in [0.1, 0.15) is 11.5 Å². The maximum Gasteiger partial charge on any atom is 0.337 e. The molecule has 1 rings (SSSR count). The average Bonchev–Trinajstić information content (AvgIpc) is 2.44. The Morgan fingerprint density at radius 3 is 2.19 bits per heavy atom. The van der Waals surface area contributed by atoms with Crippen molar-refractivity contribution in [1.82, 2.24) is 5.32 Å². The quantitative estimate of drug-likeness (QED) is 0.642. The molecule has 0 spiro atoms. The first-order chi connectivity index (χ1) is 9.85. The van der Waals surface area contributed by atoms with Gasteiger partial charge in [0, 0.05) is 0 Å². The lowest BCUT2D eigenvalue weighted by Gasteiger charge is -2.18. The molecular formula is C14H19NO6. The van der Waals surface area contributed by atoms with Crippen LogP contribution < -0.4 is 14.8 Å². The number of amides is 1. The molecule has 1 unspecified atom stereocenters. The van der Waals surface area contributed by atoms with Gasteiger partial charge in [-0.25, -0.2) is 4.79 Å². The van der Waals surface area contributed by atoms with Crippen LogP contribution in [0.1, 0.15) is 13.8 Å². The Hall–Kier alpha value is -2.28. The van der Waals surface area contributed by atoms with E-state index in [4.69, 9.17) is 14.6 Å². The Morgan fingerprint density at radius 2 is 1.71 bits per heavy atom. The molecule has 1 amide bonds. The SMILES string of the molecule is CCOc1ccc(OCC(=O)NCC(C)(O)C(=O)O)cc1. The van der Waals surface area contributed by atoms with Gasteiger partial charge in [-0.2, -0.15) is 0 Å². The Morgan fingerprint density at radius 1 is 1.19 bits per heavy atom. The number of hydrogen-bond donors (Lipinski definition) is 3. The molecule has 3 N–H and O–H groups in total. The van der Waals surface area contributed by atoms with Crippen LogP contribution in [0.3, 0.4) is 0 Å². The smallest absolute Gasteiger partial charge is 0.337 e. The number of hydrogen-bond acceptors (Lipinski definition) is 5. The van der Waals surface area contributed by atoms with Gasteiger partial charge in [0.2, 0.25) is 0 Å². The average molecular weight is 297 g/mol. The van der Waals surface area contributed by atoms with Crippen molar-refractivity contribution in [2.75, 3.05) is 19.8 Å². The van der Waals surface area contributed by atoms with Crippen molar-refractivity contribution in [3.8, 4) is 11.5 Å². The molecule has 7 nitrogen and oxygen atoms in total. The molecule has 1 atom stereocenters. The van der Waals surface area contributed by atoms with Crippen LogP contribution in [-0.2, 0) is 9.59 Å². The van der Waals surface area contributed by atoms with Gasteiger partial charge in [-0.3, -0.25) is 4.79 Å². The fourth-order valence-corrected chi connectivity index (χ4v) is 1.34. The lowest BCUT2D eigenvalue weighted by molar-refractivity contribution is -0.156. The first-order valence-electron chi connectivity index (χ1n) is 6.43. The molecule has 0 radical (unpaired) electrons. The van der Waals surface area contributed by atoms with E-state index in [1.807, 2.05) is 6.92 Å². The van der Waals surface area contributed by atoms with Gasteiger partial charge in [-0.1, -0.05) is 0 Å². The van der Waals surface area contributed by atoms with Gasteiger partial charge < -0.3 is 25.0 Å². The number of carboxylic acid groups (broad SMARTS) is 1. The number of aliphatic hydroxyl groups is 1. The third-order valence-corrected chi connectivity index (χ3v) is 2.60. The molecule has 1 aromatic carbocycles. The third-order valence-electron chi connectivity index (χ3n) is 2.60. The largest absolute Gasteiger partial charge is 0.494 e. The number of carbonyl (C=O) groups excluding carboxylic acids is 1. The number of benzene rings is 1. The first kappa shape index (κ1) is 16.8. The number of rotatable bonds is 8. The third kappa shape index (κ3) is 5.70. The van der Waals surface area contributed by atoms with Gasteiger partial charge >= 0.3 is 5.97 Å². The minimum atomic E-state index is -2.01. The van der Waals surface area contributed by atoms with Crippen LogP contribution in [0.4, 0.5) is 0 Å². The number of carbonyl (C=O) groups is 2. The number of aliphatic carboxylic acids is 1. The van der Waals surface area contributed by atoms with E-state index in [-0.39, 0.29) is 6.61 Å². The summed E-state index contributed by atoms with van der Waals surface area (Å²) in [6, 6.07) is 6.75. The highest BCUT2D eigenvalue weighted by atomic mass is 16.5. The highest BCUT2D eigenvalue weighted by Crippen LogP contribution is 2.17. The van der Waals surface area contributed by atoms with Crippen LogP contribution in [0.25, 0.3) is 0 Å². The first-order valence-corrected chi connectivity index (χ1v) is 6.43. The van der Waals surface area contributed by atoms with Crippen molar-refractivity contribution in [1.29, 1.82) is 0 Å². The summed E-state index contributed by atoms with van der Waals surface area (Å²) in [6.07, 6.45) is 0. The predicted molar refractivity (Wildman–Crippen MR) is 74.4 cm³/mol. The lowest BCUT2D eigenvalue weighted by Crippen LogP contribution is -2.47. The molecule has 116 valence electrons. The summed E-state index contributed by atoms with van der Waals surface area (Å²) in [5, 5.41) is 20.4. The second-order valence-electron chi connectivity index (χ2n) is 4.55. The van der Waals surface area contributed by atoms with Gasteiger partial charge in [-0.15, -0.1) is 0 Å². The second-order valence-corrected chi connectivity index (χ2v) is 4.55. The molecule has 21 heavy (non-hydrogen) atoms. The Labute approximate surface area is 122 Å². The molecule has 0 heterocycles. The molecular weight excluding hydrogens is 278 g/mol. The van der Waals surface area contributed by atoms with Crippen LogP contribution in [0.2, 0.25) is 0 Å². The zero-order valence-electron chi connectivity index (χ0n) is 12.0. The predicted octanol–water partition coefficient (Wildman–Crippen LogP) is 0.416. The van der Waals surface area contributed by atoms with Crippen LogP contribution in [0.5, 0.6) is 11.5 Å². The van der Waals surface area contributed by atoms with E-state index in [1.165, 1.54) is 0 Å². The van der Waals surface area contributed by atoms with Crippen molar-refractivity contribution >= 4 is 11.9 Å². The summed E-state index contributed by atoms with van der Waals surface area (Å²) in [4.78, 5) is 22.1. The minimum Gasteiger partial charge on any atom is -0.494 e. The molecule has 7 heteroatoms. The van der Waals surface area contributed by atoms with Crippen molar-refractivity contribution in [3.63, 3.8) is 0 Å². The molecule has 0 saturated carbocycles. The topological polar surface area (TPSA) is 105 Å². The summed E-state index contributed by atoms with van der Waals surface area (Å²) in [7, 11) is 0. The summed E-state index contributed by atoms with van der Waals surface area (Å²) in [5.74, 6) is -0.744. The van der Waals surface area contributed by atoms with Crippen molar-refractivity contribution in [2.45, 2.75) is 19.4 Å². The molecule has 0 aliphatic heterocycles. The summed E-state index contributed by atoms with van der Waals surface area (Å²) in [6.45, 7) is 2.87. The standard InChI is InChI=1S/C14H19NO6/c1-3-20-10-4-6-11(7-5-10)21-8-12(16)15-9-14(2,19)13(17)18/h4-7,19H,3,8-9H2,1-2H3,(H,15,16)(H,17,18). The second kappa shape index (κ2) is 7.49. The summed E-state index contributed by atoms with van der Waals surface area (Å²) < 4.78 is 10.5. The highest BCUT2D eigenvalue weighted by Gasteiger charge is 2.30. The van der Waals surface area contributed by atoms with Gasteiger partial charge in [0.15, 0.2) is 12.2 Å². The van der Waals surface area contributed by atoms with Gasteiger partial charge in [-0.05, 0) is 38.1 Å². The van der Waals surface area contributed by atoms with Gasteiger partial charge in [0.25, 0.3) is 5.91 Å². The fourth-order valence-electron chi connectivity index (χ4n) is 1.34. The van der Waals surface area contributed by atoms with E-state index in [2.05, 4.69) is 5.32 Å². The highest BCUT2D eigenvalue weighted by molar-refractivity contribution is 5.80. The van der Waals surface area contributed by atoms with E-state index in [0.717, 1.165) is 6.92 Å². The van der Waals surface area contributed by atoms with Gasteiger partial charge in [0.05, 0.1) is 13.2 Å². The van der Waals surface area contributed by atoms with Crippen LogP contribution >= 0.6 is 0 Å². The Kier molecular flexibility index (Phi) is 5.98. The van der Waals surface area contributed by atoms with Crippen molar-refractivity contribution in [3.05, 3.63) is 24.3 Å². The maximum atomic E-state index is 11.5. The molecule has 0 fully saturated rings. The molecule has 0 saturated heterocycles. The van der Waals surface area contributed by atoms with Crippen LogP contribution in [0, 0.1) is 0 Å². The normalized spacial score (nSPS) is 13.1. The summed E-state index contributed by atoms with van der Waals surface area (Å²) >= 11 is 0. The lowest BCUT2D eigenvalue weighted by atomic mass is 10.1. The Bertz CT molecular complexity index is 483. The molecule has 0 aliphatic rings. The van der Waals surface area contributed by atoms with E-state index in [9.17, 15) is 14.7 Å². The fraction of sp³-hybridized carbons (Fsp3) is 0.429. The summed E-state index contributed by atoms with van der Waals surface area (Å²) in [5.41, 5.74) is -2.01. The Balaban J connectivity index is 2.37. The monoisotopic (exact) mass is 297 g/mol. The maximum absolute atomic E-state index is 11.5. The molecule has 0 bridgehead atoms. The molecule has 0 aromatic heterocycles.